The smallest absolute Gasteiger partial charge is 0.242 e. The summed E-state index contributed by atoms with van der Waals surface area (Å²) in [5, 5.41) is 5.21. The van der Waals surface area contributed by atoms with Gasteiger partial charge in [-0.2, -0.15) is 0 Å². The molecule has 2 aromatic rings. The first-order chi connectivity index (χ1) is 13.4. The summed E-state index contributed by atoms with van der Waals surface area (Å²) in [5.41, 5.74) is 1.98. The quantitative estimate of drug-likeness (QED) is 0.808. The highest BCUT2D eigenvalue weighted by Crippen LogP contribution is 2.30. The fraction of sp³-hybridized carbons (Fsp3) is 0.381. The molecule has 0 atom stereocenters. The molecule has 1 amide bonds. The summed E-state index contributed by atoms with van der Waals surface area (Å²) in [6, 6.07) is 11.0. The van der Waals surface area contributed by atoms with Gasteiger partial charge in [0.05, 0.1) is 11.4 Å². The Morgan fingerprint density at radius 2 is 1.93 bits per heavy atom. The number of amides is 1. The minimum absolute atomic E-state index is 0.0758. The van der Waals surface area contributed by atoms with Gasteiger partial charge in [0.2, 0.25) is 15.9 Å². The Hall–Kier alpha value is -2.45. The Balaban J connectivity index is 1.79. The van der Waals surface area contributed by atoms with Crippen molar-refractivity contribution in [1.82, 2.24) is 4.90 Å². The number of rotatable bonds is 5. The Labute approximate surface area is 171 Å². The summed E-state index contributed by atoms with van der Waals surface area (Å²) in [4.78, 5) is 16.9. The van der Waals surface area contributed by atoms with E-state index in [9.17, 15) is 17.6 Å². The van der Waals surface area contributed by atoms with Gasteiger partial charge in [-0.1, -0.05) is 12.1 Å². The van der Waals surface area contributed by atoms with Crippen molar-refractivity contribution in [2.24, 2.45) is 5.14 Å². The number of fused-ring (bicyclic) bond motifs is 1. The van der Waals surface area contributed by atoms with Crippen molar-refractivity contribution in [1.29, 1.82) is 0 Å². The monoisotopic (exact) mass is 419 g/mol. The summed E-state index contributed by atoms with van der Waals surface area (Å²) >= 11 is 0. The molecule has 1 aliphatic rings. The van der Waals surface area contributed by atoms with Crippen molar-refractivity contribution in [3.05, 3.63) is 59.4 Å². The maximum Gasteiger partial charge on any atom is 0.242 e. The van der Waals surface area contributed by atoms with E-state index >= 15 is 0 Å². The molecule has 6 nitrogen and oxygen atoms in total. The number of nitrogens with zero attached hydrogens (tertiary/aromatic N) is 2. The highest BCUT2D eigenvalue weighted by molar-refractivity contribution is 7.89. The molecule has 0 saturated carbocycles. The van der Waals surface area contributed by atoms with Gasteiger partial charge in [-0.3, -0.25) is 4.79 Å². The van der Waals surface area contributed by atoms with Gasteiger partial charge in [-0.05, 0) is 68.7 Å². The Bertz CT molecular complexity index is 1030. The molecule has 2 aromatic carbocycles. The minimum Gasteiger partial charge on any atom is -0.362 e. The molecule has 29 heavy (non-hydrogen) atoms. The molecule has 0 fully saturated rings. The molecular weight excluding hydrogens is 393 g/mol. The van der Waals surface area contributed by atoms with Crippen LogP contribution in [-0.2, 0) is 27.8 Å². The molecule has 0 aromatic heterocycles. The van der Waals surface area contributed by atoms with Gasteiger partial charge in [0.15, 0.2) is 0 Å². The molecule has 0 unspecified atom stereocenters. The average Bonchev–Trinajstić information content (AvgIpc) is 3.00. The molecule has 156 valence electrons. The number of benzene rings is 2. The lowest BCUT2D eigenvalue weighted by atomic mass is 10.0. The topological polar surface area (TPSA) is 83.7 Å². The molecule has 0 aliphatic carbocycles. The molecule has 8 heteroatoms. The fourth-order valence-corrected chi connectivity index (χ4v) is 4.12. The lowest BCUT2D eigenvalue weighted by Gasteiger charge is -2.37. The zero-order valence-corrected chi connectivity index (χ0v) is 17.7. The van der Waals surface area contributed by atoms with E-state index in [1.807, 2.05) is 25.7 Å². The van der Waals surface area contributed by atoms with Gasteiger partial charge in [-0.25, -0.2) is 17.9 Å². The molecule has 0 bridgehead atoms. The lowest BCUT2D eigenvalue weighted by molar-refractivity contribution is -0.135. The van der Waals surface area contributed by atoms with Crippen LogP contribution >= 0.6 is 0 Å². The van der Waals surface area contributed by atoms with E-state index in [1.165, 1.54) is 18.2 Å². The third-order valence-corrected chi connectivity index (χ3v) is 5.95. The van der Waals surface area contributed by atoms with Gasteiger partial charge < -0.3 is 9.80 Å². The molecule has 0 spiro atoms. The van der Waals surface area contributed by atoms with Crippen LogP contribution in [0.3, 0.4) is 0 Å². The number of carbonyl (C=O) groups excluding carboxylic acids is 1. The van der Waals surface area contributed by atoms with E-state index in [-0.39, 0.29) is 23.2 Å². The Morgan fingerprint density at radius 1 is 1.21 bits per heavy atom. The normalized spacial score (nSPS) is 14.0. The molecule has 3 rings (SSSR count). The van der Waals surface area contributed by atoms with Crippen LogP contribution in [0.4, 0.5) is 10.1 Å². The number of primary sulfonamides is 1. The maximum absolute atomic E-state index is 13.6. The first-order valence-corrected chi connectivity index (χ1v) is 11.0. The SMILES string of the molecule is CC(C)(C)N(Cc1cccc(F)c1)C(=O)CN1CCc2cc(S(N)(=O)=O)ccc21. The Morgan fingerprint density at radius 3 is 2.55 bits per heavy atom. The molecule has 2 N–H and O–H groups in total. The zero-order valence-electron chi connectivity index (χ0n) is 16.9. The number of halogens is 1. The number of nitrogens with two attached hydrogens (primary N) is 1. The van der Waals surface area contributed by atoms with Gasteiger partial charge in [0.25, 0.3) is 0 Å². The van der Waals surface area contributed by atoms with Crippen LogP contribution in [0.1, 0.15) is 31.9 Å². The average molecular weight is 420 g/mol. The van der Waals surface area contributed by atoms with E-state index in [0.29, 0.717) is 19.5 Å². The number of hydrogen-bond acceptors (Lipinski definition) is 4. The van der Waals surface area contributed by atoms with Crippen LogP contribution in [-0.4, -0.2) is 37.9 Å². The molecule has 1 aliphatic heterocycles. The van der Waals surface area contributed by atoms with Crippen molar-refractivity contribution < 1.29 is 17.6 Å². The maximum atomic E-state index is 13.6. The second-order valence-electron chi connectivity index (χ2n) is 8.29. The van der Waals surface area contributed by atoms with Gasteiger partial charge in [0, 0.05) is 24.3 Å². The minimum atomic E-state index is -3.76. The van der Waals surface area contributed by atoms with Crippen LogP contribution in [0.15, 0.2) is 47.4 Å². The van der Waals surface area contributed by atoms with Crippen LogP contribution < -0.4 is 10.0 Å². The molecular formula is C21H26FN3O3S. The summed E-state index contributed by atoms with van der Waals surface area (Å²) < 4.78 is 36.7. The van der Waals surface area contributed by atoms with E-state index < -0.39 is 15.6 Å². The van der Waals surface area contributed by atoms with Crippen LogP contribution in [0.25, 0.3) is 0 Å². The first-order valence-electron chi connectivity index (χ1n) is 9.41. The Kier molecular flexibility index (Phi) is 5.69. The predicted octanol–water partition coefficient (Wildman–Crippen LogP) is 2.66. The van der Waals surface area contributed by atoms with Crippen LogP contribution in [0, 0.1) is 5.82 Å². The number of anilines is 1. The summed E-state index contributed by atoms with van der Waals surface area (Å²) in [7, 11) is -3.76. The van der Waals surface area contributed by atoms with E-state index in [0.717, 1.165) is 16.8 Å². The summed E-state index contributed by atoms with van der Waals surface area (Å²) in [6.45, 7) is 6.92. The van der Waals surface area contributed by atoms with E-state index in [2.05, 4.69) is 0 Å². The highest BCUT2D eigenvalue weighted by atomic mass is 32.2. The highest BCUT2D eigenvalue weighted by Gasteiger charge is 2.30. The predicted molar refractivity (Wildman–Crippen MR) is 110 cm³/mol. The van der Waals surface area contributed by atoms with Gasteiger partial charge in [-0.15, -0.1) is 0 Å². The number of carbonyl (C=O) groups is 1. The van der Waals surface area contributed by atoms with Crippen molar-refractivity contribution in [3.63, 3.8) is 0 Å². The third-order valence-electron chi connectivity index (χ3n) is 5.04. The van der Waals surface area contributed by atoms with Gasteiger partial charge in [0.1, 0.15) is 5.82 Å². The second-order valence-corrected chi connectivity index (χ2v) is 9.85. The summed E-state index contributed by atoms with van der Waals surface area (Å²) in [5.74, 6) is -0.409. The van der Waals surface area contributed by atoms with Crippen molar-refractivity contribution in [3.8, 4) is 0 Å². The van der Waals surface area contributed by atoms with Crippen molar-refractivity contribution in [2.45, 2.75) is 44.2 Å². The van der Waals surface area contributed by atoms with Crippen molar-refractivity contribution in [2.75, 3.05) is 18.0 Å². The number of sulfonamides is 1. The fourth-order valence-electron chi connectivity index (χ4n) is 3.55. The largest absolute Gasteiger partial charge is 0.362 e. The summed E-state index contributed by atoms with van der Waals surface area (Å²) in [6.07, 6.45) is 0.644. The molecule has 0 radical (unpaired) electrons. The standard InChI is InChI=1S/C21H26FN3O3S/c1-21(2,3)25(13-15-5-4-6-17(22)11-15)20(26)14-24-10-9-16-12-18(29(23,27)28)7-8-19(16)24/h4-8,11-12H,9-10,13-14H2,1-3H3,(H2,23,27,28). The lowest BCUT2D eigenvalue weighted by Crippen LogP contribution is -2.49. The second kappa shape index (κ2) is 7.76. The van der Waals surface area contributed by atoms with Crippen LogP contribution in [0.2, 0.25) is 0 Å². The van der Waals surface area contributed by atoms with Crippen LogP contribution in [0.5, 0.6) is 0 Å². The van der Waals surface area contributed by atoms with E-state index in [4.69, 9.17) is 5.14 Å². The molecule has 0 saturated heterocycles. The van der Waals surface area contributed by atoms with Crippen molar-refractivity contribution >= 4 is 21.6 Å². The third kappa shape index (κ3) is 4.94. The zero-order chi connectivity index (χ0) is 21.4. The molecule has 1 heterocycles. The number of hydrogen-bond donors (Lipinski definition) is 1. The van der Waals surface area contributed by atoms with E-state index in [1.54, 1.807) is 29.2 Å². The first kappa shape index (κ1) is 21.3. The van der Waals surface area contributed by atoms with Gasteiger partial charge >= 0.3 is 0 Å².